The number of anilines is 1. The summed E-state index contributed by atoms with van der Waals surface area (Å²) in [5.74, 6) is -3.70. The van der Waals surface area contributed by atoms with E-state index in [1.807, 2.05) is 13.8 Å². The summed E-state index contributed by atoms with van der Waals surface area (Å²) in [7, 11) is 0. The molecule has 32 heavy (non-hydrogen) atoms. The van der Waals surface area contributed by atoms with E-state index in [4.69, 9.17) is 5.73 Å². The summed E-state index contributed by atoms with van der Waals surface area (Å²) in [6.45, 7) is 5.01. The summed E-state index contributed by atoms with van der Waals surface area (Å²) in [5.41, 5.74) is 3.94. The van der Waals surface area contributed by atoms with Gasteiger partial charge < -0.3 is 15.7 Å². The molecule has 5 rings (SSSR count). The fourth-order valence-corrected chi connectivity index (χ4v) is 4.19. The zero-order valence-corrected chi connectivity index (χ0v) is 17.3. The first kappa shape index (κ1) is 21.8. The Bertz CT molecular complexity index is 1280. The van der Waals surface area contributed by atoms with Crippen LogP contribution in [-0.4, -0.2) is 39.8 Å². The molecular formula is C22H21F3N4O3. The quantitative estimate of drug-likeness (QED) is 0.642. The van der Waals surface area contributed by atoms with E-state index in [0.717, 1.165) is 29.0 Å². The lowest BCUT2D eigenvalue weighted by Gasteiger charge is -2.22. The van der Waals surface area contributed by atoms with Crippen LogP contribution >= 0.6 is 0 Å². The van der Waals surface area contributed by atoms with Gasteiger partial charge in [0, 0.05) is 31.4 Å². The Labute approximate surface area is 180 Å². The highest BCUT2D eigenvalue weighted by atomic mass is 19.1. The van der Waals surface area contributed by atoms with E-state index in [9.17, 15) is 27.9 Å². The van der Waals surface area contributed by atoms with Crippen LogP contribution < -0.4 is 16.1 Å². The van der Waals surface area contributed by atoms with Gasteiger partial charge in [-0.25, -0.2) is 22.9 Å². The molecule has 2 aromatic heterocycles. The molecular weight excluding hydrogens is 425 g/mol. The number of aromatic carboxylic acids is 1. The van der Waals surface area contributed by atoms with E-state index in [2.05, 4.69) is 4.98 Å². The van der Waals surface area contributed by atoms with E-state index in [-0.39, 0.29) is 40.4 Å². The number of hydrogen-bond acceptors (Lipinski definition) is 5. The smallest absolute Gasteiger partial charge is 0.341 e. The lowest BCUT2D eigenvalue weighted by molar-refractivity contribution is 0.0695. The van der Waals surface area contributed by atoms with E-state index in [1.165, 1.54) is 0 Å². The van der Waals surface area contributed by atoms with Gasteiger partial charge in [0.2, 0.25) is 5.43 Å². The topological polar surface area (TPSA) is 101 Å². The summed E-state index contributed by atoms with van der Waals surface area (Å²) in [5, 5.41) is 9.05. The zero-order chi connectivity index (χ0) is 23.3. The summed E-state index contributed by atoms with van der Waals surface area (Å²) in [6, 6.07) is 3.69. The number of nitrogens with two attached hydrogens (primary N) is 1. The van der Waals surface area contributed by atoms with Crippen molar-refractivity contribution >= 4 is 22.8 Å². The molecule has 3 N–H and O–H groups in total. The molecule has 1 saturated carbocycles. The molecule has 10 heteroatoms. The van der Waals surface area contributed by atoms with Crippen LogP contribution in [0.25, 0.3) is 16.7 Å². The van der Waals surface area contributed by atoms with Crippen molar-refractivity contribution in [2.45, 2.75) is 19.9 Å². The van der Waals surface area contributed by atoms with Crippen molar-refractivity contribution in [1.82, 2.24) is 9.55 Å². The van der Waals surface area contributed by atoms with Gasteiger partial charge in [-0.3, -0.25) is 9.36 Å². The van der Waals surface area contributed by atoms with Gasteiger partial charge in [-0.1, -0.05) is 13.8 Å². The Morgan fingerprint density at radius 1 is 1.12 bits per heavy atom. The highest BCUT2D eigenvalue weighted by Gasteiger charge is 2.54. The van der Waals surface area contributed by atoms with Crippen molar-refractivity contribution in [3.63, 3.8) is 0 Å². The predicted octanol–water partition coefficient (Wildman–Crippen LogP) is 2.92. The third-order valence-electron chi connectivity index (χ3n) is 5.87. The first-order chi connectivity index (χ1) is 15.3. The molecule has 1 unspecified atom stereocenters. The number of carboxylic acids is 1. The number of carbonyl (C=O) groups is 1. The van der Waals surface area contributed by atoms with Crippen LogP contribution in [-0.2, 0) is 0 Å². The van der Waals surface area contributed by atoms with Crippen LogP contribution in [0.1, 0.15) is 24.2 Å². The molecule has 3 aromatic rings. The number of pyridine rings is 2. The monoisotopic (exact) mass is 446 g/mol. The van der Waals surface area contributed by atoms with Crippen LogP contribution in [0.15, 0.2) is 35.3 Å². The Balaban J connectivity index is 0.00000119. The highest BCUT2D eigenvalue weighted by molar-refractivity contribution is 5.92. The Morgan fingerprint density at radius 3 is 2.38 bits per heavy atom. The van der Waals surface area contributed by atoms with Gasteiger partial charge in [0.1, 0.15) is 17.2 Å². The molecule has 2 aliphatic rings. The van der Waals surface area contributed by atoms with Crippen molar-refractivity contribution in [2.24, 2.45) is 17.6 Å². The third kappa shape index (κ3) is 3.40. The molecule has 0 bridgehead atoms. The minimum atomic E-state index is -1.56. The minimum absolute atomic E-state index is 0.0272. The number of hydrogen-bond donors (Lipinski definition) is 2. The summed E-state index contributed by atoms with van der Waals surface area (Å²) >= 11 is 0. The molecule has 1 saturated heterocycles. The average molecular weight is 446 g/mol. The molecule has 1 aromatic carbocycles. The molecule has 1 aliphatic heterocycles. The van der Waals surface area contributed by atoms with E-state index in [0.29, 0.717) is 19.2 Å². The standard InChI is InChI=1S/C20H15F3N4O3.C2H6/c21-8-1-2-15(13(22)3-8)27-7-12(20(29)30)17(28)9-4-14(23)19(25-18(9)27)26-5-10-11(6-26)16(10)24;1-2/h1-4,7,10-11,16H,5-6,24H2,(H,29,30);1-2H3/t10-,11+,16?;. The van der Waals surface area contributed by atoms with Crippen molar-refractivity contribution in [2.75, 3.05) is 18.0 Å². The number of fused-ring (bicyclic) bond motifs is 2. The molecule has 3 atom stereocenters. The van der Waals surface area contributed by atoms with Crippen molar-refractivity contribution in [1.29, 1.82) is 0 Å². The SMILES string of the molecule is CC.NC1[C@H]2CN(c3nc4c(cc3F)c(=O)c(C(=O)O)cn4-c3ccc(F)cc3F)C[C@@H]12. The van der Waals surface area contributed by atoms with Crippen LogP contribution in [0.4, 0.5) is 19.0 Å². The van der Waals surface area contributed by atoms with Crippen LogP contribution in [0.5, 0.6) is 0 Å². The van der Waals surface area contributed by atoms with Gasteiger partial charge in [-0.2, -0.15) is 0 Å². The number of carboxylic acid groups (broad SMARTS) is 1. The molecule has 3 heterocycles. The number of rotatable bonds is 3. The maximum atomic E-state index is 14.8. The van der Waals surface area contributed by atoms with Gasteiger partial charge in [0.15, 0.2) is 17.3 Å². The maximum absolute atomic E-state index is 14.8. The third-order valence-corrected chi connectivity index (χ3v) is 5.87. The maximum Gasteiger partial charge on any atom is 0.341 e. The summed E-state index contributed by atoms with van der Waals surface area (Å²) in [4.78, 5) is 30.1. The molecule has 0 spiro atoms. The number of benzene rings is 1. The number of nitrogens with zero attached hydrogens (tertiary/aromatic N) is 3. The van der Waals surface area contributed by atoms with E-state index >= 15 is 0 Å². The molecule has 168 valence electrons. The summed E-state index contributed by atoms with van der Waals surface area (Å²) < 4.78 is 43.7. The van der Waals surface area contributed by atoms with Gasteiger partial charge in [0.05, 0.1) is 11.1 Å². The normalized spacial score (nSPS) is 21.2. The first-order valence-electron chi connectivity index (χ1n) is 10.2. The average Bonchev–Trinajstić information content (AvgIpc) is 3.15. The van der Waals surface area contributed by atoms with Gasteiger partial charge in [-0.15, -0.1) is 0 Å². The molecule has 2 fully saturated rings. The highest BCUT2D eigenvalue weighted by Crippen LogP contribution is 2.45. The Hall–Kier alpha value is -3.40. The van der Waals surface area contributed by atoms with E-state index in [1.54, 1.807) is 4.90 Å². The molecule has 0 amide bonds. The Kier molecular flexibility index (Phi) is 5.41. The van der Waals surface area contributed by atoms with Crippen LogP contribution in [0.3, 0.4) is 0 Å². The second kappa shape index (κ2) is 7.94. The minimum Gasteiger partial charge on any atom is -0.477 e. The Morgan fingerprint density at radius 2 is 1.78 bits per heavy atom. The molecule has 0 radical (unpaired) electrons. The fraction of sp³-hybridized carbons (Fsp3) is 0.318. The first-order valence-corrected chi connectivity index (χ1v) is 10.2. The van der Waals surface area contributed by atoms with Crippen LogP contribution in [0, 0.1) is 29.3 Å². The number of halogens is 3. The number of piperidine rings is 1. The second-order valence-corrected chi connectivity index (χ2v) is 7.62. The van der Waals surface area contributed by atoms with Gasteiger partial charge in [0.25, 0.3) is 0 Å². The van der Waals surface area contributed by atoms with Crippen molar-refractivity contribution in [3.8, 4) is 5.69 Å². The second-order valence-electron chi connectivity index (χ2n) is 7.62. The van der Waals surface area contributed by atoms with Crippen LogP contribution in [0.2, 0.25) is 0 Å². The molecule has 1 aliphatic carbocycles. The lowest BCUT2D eigenvalue weighted by Crippen LogP contribution is -2.30. The predicted molar refractivity (Wildman–Crippen MR) is 113 cm³/mol. The summed E-state index contributed by atoms with van der Waals surface area (Å²) in [6.07, 6.45) is 0.912. The zero-order valence-electron chi connectivity index (χ0n) is 17.3. The lowest BCUT2D eigenvalue weighted by atomic mass is 10.1. The largest absolute Gasteiger partial charge is 0.477 e. The van der Waals surface area contributed by atoms with E-state index < -0.39 is 34.4 Å². The fourth-order valence-electron chi connectivity index (χ4n) is 4.19. The van der Waals surface area contributed by atoms with Crippen molar-refractivity contribution < 1.29 is 23.1 Å². The molecule has 7 nitrogen and oxygen atoms in total. The number of aromatic nitrogens is 2. The van der Waals surface area contributed by atoms with Gasteiger partial charge >= 0.3 is 5.97 Å². The van der Waals surface area contributed by atoms with Crippen molar-refractivity contribution in [3.05, 3.63) is 63.7 Å². The van der Waals surface area contributed by atoms with Gasteiger partial charge in [-0.05, 0) is 30.0 Å².